The van der Waals surface area contributed by atoms with Gasteiger partial charge in [-0.2, -0.15) is 4.98 Å². The van der Waals surface area contributed by atoms with Gasteiger partial charge in [0.2, 0.25) is 0 Å². The summed E-state index contributed by atoms with van der Waals surface area (Å²) in [5.74, 6) is 0.891. The third-order valence-electron chi connectivity index (χ3n) is 4.63. The number of hydrogen-bond acceptors (Lipinski definition) is 8. The van der Waals surface area contributed by atoms with Crippen molar-refractivity contribution in [3.05, 3.63) is 34.1 Å². The van der Waals surface area contributed by atoms with Crippen molar-refractivity contribution in [2.24, 2.45) is 0 Å². The molecule has 1 aliphatic carbocycles. The van der Waals surface area contributed by atoms with E-state index in [-0.39, 0.29) is 16.7 Å². The summed E-state index contributed by atoms with van der Waals surface area (Å²) in [6, 6.07) is 5.36. The Morgan fingerprint density at radius 2 is 2.28 bits per heavy atom. The molecule has 2 fully saturated rings. The van der Waals surface area contributed by atoms with Gasteiger partial charge in [-0.3, -0.25) is 15.0 Å². The van der Waals surface area contributed by atoms with Crippen molar-refractivity contribution in [1.82, 2.24) is 20.4 Å². The molecular weight excluding hydrogens is 324 g/mol. The van der Waals surface area contributed by atoms with Crippen LogP contribution in [0.5, 0.6) is 0 Å². The highest BCUT2D eigenvalue weighted by Crippen LogP contribution is 2.34. The van der Waals surface area contributed by atoms with E-state index in [9.17, 15) is 10.1 Å². The van der Waals surface area contributed by atoms with Crippen LogP contribution >= 0.6 is 0 Å². The summed E-state index contributed by atoms with van der Waals surface area (Å²) >= 11 is 0. The average Bonchev–Trinajstić information content (AvgIpc) is 3.28. The first-order valence-electron chi connectivity index (χ1n) is 8.42. The smallest absolute Gasteiger partial charge is 0.293 e. The number of likely N-dealkylation sites (N-methyl/N-ethyl adjacent to an activating group) is 1. The molecule has 2 N–H and O–H groups in total. The van der Waals surface area contributed by atoms with Crippen LogP contribution in [-0.2, 0) is 0 Å². The normalized spacial score (nSPS) is 21.2. The van der Waals surface area contributed by atoms with E-state index in [0.29, 0.717) is 29.0 Å². The Morgan fingerprint density at radius 1 is 1.44 bits per heavy atom. The molecule has 1 aromatic carbocycles. The van der Waals surface area contributed by atoms with E-state index in [2.05, 4.69) is 25.7 Å². The molecule has 1 saturated heterocycles. The SMILES string of the molecule is CN1CCNCC1c1noc(-c2ccc(NC3CC3)c([N+](=O)[O-])c2)n1. The highest BCUT2D eigenvalue weighted by molar-refractivity contribution is 5.70. The topological polar surface area (TPSA) is 109 Å². The molecular formula is C16H20N6O3. The van der Waals surface area contributed by atoms with Crippen LogP contribution in [-0.4, -0.2) is 52.7 Å². The molecule has 0 spiro atoms. The van der Waals surface area contributed by atoms with Crippen LogP contribution in [0.2, 0.25) is 0 Å². The second-order valence-corrected chi connectivity index (χ2v) is 6.57. The minimum absolute atomic E-state index is 0.0283. The number of hydrogen-bond donors (Lipinski definition) is 2. The Labute approximate surface area is 144 Å². The number of nitro groups is 1. The summed E-state index contributed by atoms with van der Waals surface area (Å²) in [7, 11) is 2.02. The summed E-state index contributed by atoms with van der Waals surface area (Å²) in [5, 5.41) is 21.9. The fourth-order valence-electron chi connectivity index (χ4n) is 2.97. The van der Waals surface area contributed by atoms with Gasteiger partial charge < -0.3 is 15.2 Å². The predicted octanol–water partition coefficient (Wildman–Crippen LogP) is 1.80. The monoisotopic (exact) mass is 344 g/mol. The molecule has 132 valence electrons. The number of nitro benzene ring substituents is 1. The highest BCUT2D eigenvalue weighted by atomic mass is 16.6. The van der Waals surface area contributed by atoms with Crippen molar-refractivity contribution >= 4 is 11.4 Å². The molecule has 9 nitrogen and oxygen atoms in total. The molecule has 9 heteroatoms. The maximum Gasteiger partial charge on any atom is 0.293 e. The van der Waals surface area contributed by atoms with Crippen LogP contribution in [0.1, 0.15) is 24.7 Å². The number of benzene rings is 1. The fraction of sp³-hybridized carbons (Fsp3) is 0.500. The zero-order valence-corrected chi connectivity index (χ0v) is 13.9. The lowest BCUT2D eigenvalue weighted by molar-refractivity contribution is -0.383. The van der Waals surface area contributed by atoms with Crippen molar-refractivity contribution in [2.75, 3.05) is 32.0 Å². The Bertz CT molecular complexity index is 788. The molecule has 1 aliphatic heterocycles. The van der Waals surface area contributed by atoms with Crippen LogP contribution in [0.3, 0.4) is 0 Å². The van der Waals surface area contributed by atoms with Gasteiger partial charge in [-0.25, -0.2) is 0 Å². The zero-order chi connectivity index (χ0) is 17.4. The molecule has 2 aromatic rings. The van der Waals surface area contributed by atoms with Gasteiger partial charge in [0.15, 0.2) is 5.82 Å². The molecule has 1 unspecified atom stereocenters. The summed E-state index contributed by atoms with van der Waals surface area (Å²) in [4.78, 5) is 17.6. The standard InChI is InChI=1S/C16H20N6O3/c1-21-7-6-17-9-14(21)15-19-16(25-20-15)10-2-5-12(18-11-3-4-11)13(8-10)22(23)24/h2,5,8,11,14,17-18H,3-4,6-7,9H2,1H3. The molecule has 25 heavy (non-hydrogen) atoms. The van der Waals surface area contributed by atoms with Crippen molar-refractivity contribution in [3.8, 4) is 11.5 Å². The van der Waals surface area contributed by atoms with Crippen LogP contribution in [0.4, 0.5) is 11.4 Å². The fourth-order valence-corrected chi connectivity index (χ4v) is 2.97. The van der Waals surface area contributed by atoms with Gasteiger partial charge in [-0.15, -0.1) is 0 Å². The van der Waals surface area contributed by atoms with E-state index in [1.54, 1.807) is 12.1 Å². The number of aromatic nitrogens is 2. The maximum atomic E-state index is 11.4. The van der Waals surface area contributed by atoms with Gasteiger partial charge in [0, 0.05) is 37.3 Å². The second kappa shape index (κ2) is 6.41. The minimum Gasteiger partial charge on any atom is -0.377 e. The number of nitrogens with zero attached hydrogens (tertiary/aromatic N) is 4. The van der Waals surface area contributed by atoms with Crippen molar-refractivity contribution in [2.45, 2.75) is 24.9 Å². The van der Waals surface area contributed by atoms with Gasteiger partial charge in [-0.1, -0.05) is 5.16 Å². The Kier molecular flexibility index (Phi) is 4.10. The largest absolute Gasteiger partial charge is 0.377 e. The Balaban J connectivity index is 1.61. The van der Waals surface area contributed by atoms with Gasteiger partial charge in [-0.05, 0) is 32.0 Å². The first-order chi connectivity index (χ1) is 12.1. The quantitative estimate of drug-likeness (QED) is 0.624. The van der Waals surface area contributed by atoms with Gasteiger partial charge >= 0.3 is 0 Å². The molecule has 2 heterocycles. The van der Waals surface area contributed by atoms with Crippen molar-refractivity contribution in [1.29, 1.82) is 0 Å². The number of piperazine rings is 1. The molecule has 4 rings (SSSR count). The molecule has 1 aromatic heterocycles. The van der Waals surface area contributed by atoms with Crippen LogP contribution in [0, 0.1) is 10.1 Å². The minimum atomic E-state index is -0.385. The van der Waals surface area contributed by atoms with Gasteiger partial charge in [0.25, 0.3) is 11.6 Å². The van der Waals surface area contributed by atoms with Crippen LogP contribution in [0.25, 0.3) is 11.5 Å². The number of nitrogens with one attached hydrogen (secondary N) is 2. The first-order valence-corrected chi connectivity index (χ1v) is 8.42. The second-order valence-electron chi connectivity index (χ2n) is 6.57. The third kappa shape index (κ3) is 3.33. The third-order valence-corrected chi connectivity index (χ3v) is 4.63. The summed E-state index contributed by atoms with van der Waals surface area (Å²) in [6.07, 6.45) is 2.10. The van der Waals surface area contributed by atoms with E-state index in [1.807, 2.05) is 7.05 Å². The van der Waals surface area contributed by atoms with Gasteiger partial charge in [0.1, 0.15) is 5.69 Å². The van der Waals surface area contributed by atoms with Crippen molar-refractivity contribution in [3.63, 3.8) is 0 Å². The molecule has 2 aliphatic rings. The van der Waals surface area contributed by atoms with E-state index < -0.39 is 0 Å². The predicted molar refractivity (Wildman–Crippen MR) is 91.3 cm³/mol. The zero-order valence-electron chi connectivity index (χ0n) is 13.9. The number of rotatable bonds is 5. The summed E-state index contributed by atoms with van der Waals surface area (Å²) < 4.78 is 5.36. The Morgan fingerprint density at radius 3 is 3.00 bits per heavy atom. The Hall–Kier alpha value is -2.52. The van der Waals surface area contributed by atoms with Crippen molar-refractivity contribution < 1.29 is 9.45 Å². The summed E-state index contributed by atoms with van der Waals surface area (Å²) in [6.45, 7) is 2.58. The first kappa shape index (κ1) is 16.0. The summed E-state index contributed by atoms with van der Waals surface area (Å²) in [5.41, 5.74) is 1.12. The molecule has 0 amide bonds. The molecule has 0 bridgehead atoms. The van der Waals surface area contributed by atoms with E-state index in [0.717, 1.165) is 32.5 Å². The van der Waals surface area contributed by atoms with E-state index >= 15 is 0 Å². The van der Waals surface area contributed by atoms with E-state index in [4.69, 9.17) is 4.52 Å². The van der Waals surface area contributed by atoms with Crippen LogP contribution in [0.15, 0.2) is 22.7 Å². The molecule has 0 radical (unpaired) electrons. The average molecular weight is 344 g/mol. The molecule has 1 saturated carbocycles. The maximum absolute atomic E-state index is 11.4. The highest BCUT2D eigenvalue weighted by Gasteiger charge is 2.27. The van der Waals surface area contributed by atoms with Gasteiger partial charge in [0.05, 0.1) is 11.0 Å². The lowest BCUT2D eigenvalue weighted by Gasteiger charge is -2.30. The lowest BCUT2D eigenvalue weighted by Crippen LogP contribution is -2.44. The number of anilines is 1. The van der Waals surface area contributed by atoms with E-state index in [1.165, 1.54) is 6.07 Å². The van der Waals surface area contributed by atoms with Crippen LogP contribution < -0.4 is 10.6 Å². The molecule has 1 atom stereocenters. The lowest BCUT2D eigenvalue weighted by atomic mass is 10.1.